The van der Waals surface area contributed by atoms with Gasteiger partial charge in [0.15, 0.2) is 0 Å². The maximum Gasteiger partial charge on any atom is 0.328 e. The van der Waals surface area contributed by atoms with E-state index in [0.717, 1.165) is 5.56 Å². The fourth-order valence-electron chi connectivity index (χ4n) is 1.29. The Labute approximate surface area is 113 Å². The van der Waals surface area contributed by atoms with Gasteiger partial charge in [-0.1, -0.05) is 23.7 Å². The Hall–Kier alpha value is -2.41. The molecule has 0 spiro atoms. The van der Waals surface area contributed by atoms with Crippen molar-refractivity contribution in [1.82, 2.24) is 20.2 Å². The molecule has 0 aliphatic heterocycles. The van der Waals surface area contributed by atoms with Crippen molar-refractivity contribution in [3.63, 3.8) is 0 Å². The van der Waals surface area contributed by atoms with E-state index < -0.39 is 11.8 Å². The molecule has 2 rings (SSSR count). The molecular weight excluding hydrogens is 270 g/mol. The van der Waals surface area contributed by atoms with E-state index in [0.29, 0.717) is 5.02 Å². The fourth-order valence-corrected chi connectivity index (χ4v) is 1.42. The number of benzene rings is 1. The van der Waals surface area contributed by atoms with Crippen LogP contribution in [0.25, 0.3) is 0 Å². The summed E-state index contributed by atoms with van der Waals surface area (Å²) in [5.74, 6) is -1.54. The van der Waals surface area contributed by atoms with Gasteiger partial charge in [-0.25, -0.2) is 4.68 Å². The van der Waals surface area contributed by atoms with Gasteiger partial charge in [-0.05, 0) is 17.7 Å². The lowest BCUT2D eigenvalue weighted by molar-refractivity contribution is -0.136. The van der Waals surface area contributed by atoms with Crippen LogP contribution in [0.1, 0.15) is 5.56 Å². The van der Waals surface area contributed by atoms with Crippen LogP contribution in [0.5, 0.6) is 0 Å². The molecule has 0 bridgehead atoms. The molecule has 1 aromatic carbocycles. The van der Waals surface area contributed by atoms with E-state index in [9.17, 15) is 9.59 Å². The van der Waals surface area contributed by atoms with Crippen LogP contribution in [0.15, 0.2) is 36.9 Å². The molecule has 8 heteroatoms. The number of nitrogens with zero attached hydrogens (tertiary/aromatic N) is 3. The Morgan fingerprint density at radius 3 is 2.37 bits per heavy atom. The summed E-state index contributed by atoms with van der Waals surface area (Å²) < 4.78 is 1.18. The summed E-state index contributed by atoms with van der Waals surface area (Å²) >= 11 is 5.74. The van der Waals surface area contributed by atoms with E-state index in [4.69, 9.17) is 11.6 Å². The monoisotopic (exact) mass is 279 g/mol. The lowest BCUT2D eigenvalue weighted by Crippen LogP contribution is -2.38. The number of amides is 2. The van der Waals surface area contributed by atoms with E-state index >= 15 is 0 Å². The summed E-state index contributed by atoms with van der Waals surface area (Å²) in [5, 5.41) is 10.1. The minimum Gasteiger partial charge on any atom is -0.344 e. The molecule has 0 atom stereocenters. The Bertz CT molecular complexity index is 567. The van der Waals surface area contributed by atoms with Gasteiger partial charge < -0.3 is 5.32 Å². The summed E-state index contributed by atoms with van der Waals surface area (Å²) in [6, 6.07) is 6.95. The van der Waals surface area contributed by atoms with Crippen molar-refractivity contribution < 1.29 is 9.59 Å². The van der Waals surface area contributed by atoms with Crippen LogP contribution < -0.4 is 10.7 Å². The molecular formula is C11H10ClN5O2. The van der Waals surface area contributed by atoms with Crippen molar-refractivity contribution >= 4 is 23.4 Å². The molecule has 0 aliphatic carbocycles. The average molecular weight is 280 g/mol. The second-order valence-electron chi connectivity index (χ2n) is 3.62. The highest BCUT2D eigenvalue weighted by Gasteiger charge is 2.13. The van der Waals surface area contributed by atoms with Crippen molar-refractivity contribution in [2.75, 3.05) is 5.43 Å². The number of carbonyl (C=O) groups excluding carboxylic acids is 2. The second-order valence-corrected chi connectivity index (χ2v) is 4.06. The maximum absolute atomic E-state index is 11.5. The van der Waals surface area contributed by atoms with E-state index in [2.05, 4.69) is 20.9 Å². The molecule has 0 saturated heterocycles. The Morgan fingerprint density at radius 2 is 1.74 bits per heavy atom. The molecule has 0 unspecified atom stereocenters. The van der Waals surface area contributed by atoms with Gasteiger partial charge in [-0.15, -0.1) is 10.2 Å². The minimum atomic E-state index is -0.797. The van der Waals surface area contributed by atoms with Crippen molar-refractivity contribution in [1.29, 1.82) is 0 Å². The van der Waals surface area contributed by atoms with Gasteiger partial charge in [-0.2, -0.15) is 0 Å². The highest BCUT2D eigenvalue weighted by Crippen LogP contribution is 2.08. The van der Waals surface area contributed by atoms with Crippen LogP contribution in [-0.2, 0) is 16.1 Å². The smallest absolute Gasteiger partial charge is 0.328 e. The topological polar surface area (TPSA) is 88.9 Å². The van der Waals surface area contributed by atoms with E-state index in [1.54, 1.807) is 24.3 Å². The minimum absolute atomic E-state index is 0.242. The molecule has 98 valence electrons. The van der Waals surface area contributed by atoms with Crippen LogP contribution in [0, 0.1) is 0 Å². The first-order valence-electron chi connectivity index (χ1n) is 5.33. The van der Waals surface area contributed by atoms with Crippen LogP contribution in [0.2, 0.25) is 5.02 Å². The molecule has 0 radical (unpaired) electrons. The van der Waals surface area contributed by atoms with Gasteiger partial charge in [0.2, 0.25) is 0 Å². The van der Waals surface area contributed by atoms with E-state index in [1.165, 1.54) is 17.3 Å². The molecule has 7 nitrogen and oxygen atoms in total. The third-order valence-corrected chi connectivity index (χ3v) is 2.47. The zero-order valence-electron chi connectivity index (χ0n) is 9.71. The number of hydrogen-bond donors (Lipinski definition) is 2. The first-order chi connectivity index (χ1) is 9.15. The summed E-state index contributed by atoms with van der Waals surface area (Å²) in [5.41, 5.74) is 3.13. The van der Waals surface area contributed by atoms with Gasteiger partial charge >= 0.3 is 11.8 Å². The van der Waals surface area contributed by atoms with E-state index in [1.807, 2.05) is 0 Å². The third kappa shape index (κ3) is 3.78. The van der Waals surface area contributed by atoms with Gasteiger partial charge in [-0.3, -0.25) is 15.0 Å². The normalized spacial score (nSPS) is 9.95. The number of rotatable bonds is 3. The molecule has 2 amide bonds. The van der Waals surface area contributed by atoms with Crippen molar-refractivity contribution in [3.05, 3.63) is 47.5 Å². The van der Waals surface area contributed by atoms with Crippen molar-refractivity contribution in [3.8, 4) is 0 Å². The van der Waals surface area contributed by atoms with Gasteiger partial charge in [0.25, 0.3) is 0 Å². The van der Waals surface area contributed by atoms with Crippen LogP contribution in [0.4, 0.5) is 0 Å². The molecule has 1 heterocycles. The fraction of sp³-hybridized carbons (Fsp3) is 0.0909. The lowest BCUT2D eigenvalue weighted by atomic mass is 10.2. The predicted molar refractivity (Wildman–Crippen MR) is 67.7 cm³/mol. The lowest BCUT2D eigenvalue weighted by Gasteiger charge is -2.06. The quantitative estimate of drug-likeness (QED) is 0.792. The molecule has 1 aromatic heterocycles. The molecule has 2 aromatic rings. The molecule has 0 saturated carbocycles. The highest BCUT2D eigenvalue weighted by atomic mass is 35.5. The molecule has 0 aliphatic rings. The molecule has 2 N–H and O–H groups in total. The first kappa shape index (κ1) is 13.0. The Morgan fingerprint density at radius 1 is 1.11 bits per heavy atom. The number of halogens is 1. The van der Waals surface area contributed by atoms with Gasteiger partial charge in [0, 0.05) is 11.6 Å². The number of nitrogens with one attached hydrogen (secondary N) is 2. The zero-order valence-corrected chi connectivity index (χ0v) is 10.5. The van der Waals surface area contributed by atoms with Gasteiger partial charge in [0.05, 0.1) is 0 Å². The summed E-state index contributed by atoms with van der Waals surface area (Å²) in [6.07, 6.45) is 2.54. The number of hydrogen-bond acceptors (Lipinski definition) is 4. The first-order valence-corrected chi connectivity index (χ1v) is 5.71. The zero-order chi connectivity index (χ0) is 13.7. The average Bonchev–Trinajstić information content (AvgIpc) is 2.90. The Balaban J connectivity index is 1.84. The van der Waals surface area contributed by atoms with Crippen molar-refractivity contribution in [2.45, 2.75) is 6.54 Å². The van der Waals surface area contributed by atoms with Crippen LogP contribution >= 0.6 is 11.6 Å². The second kappa shape index (κ2) is 5.96. The number of carbonyl (C=O) groups is 2. The Kier molecular flexibility index (Phi) is 4.09. The largest absolute Gasteiger partial charge is 0.344 e. The van der Waals surface area contributed by atoms with E-state index in [-0.39, 0.29) is 6.54 Å². The SMILES string of the molecule is O=C(NCc1ccc(Cl)cc1)C(=O)Nn1cnnc1. The van der Waals surface area contributed by atoms with Crippen LogP contribution in [-0.4, -0.2) is 26.7 Å². The molecule has 19 heavy (non-hydrogen) atoms. The number of aromatic nitrogens is 3. The predicted octanol–water partition coefficient (Wildman–Crippen LogP) is 0.318. The van der Waals surface area contributed by atoms with Crippen molar-refractivity contribution in [2.24, 2.45) is 0 Å². The molecule has 0 fully saturated rings. The standard InChI is InChI=1S/C11H10ClN5O2/c12-9-3-1-8(2-4-9)5-13-10(18)11(19)16-17-6-14-15-7-17/h1-4,6-7H,5H2,(H,13,18)(H,16,19). The van der Waals surface area contributed by atoms with Crippen LogP contribution in [0.3, 0.4) is 0 Å². The third-order valence-electron chi connectivity index (χ3n) is 2.22. The summed E-state index contributed by atoms with van der Waals surface area (Å²) in [6.45, 7) is 0.242. The van der Waals surface area contributed by atoms with Gasteiger partial charge in [0.1, 0.15) is 12.7 Å². The summed E-state index contributed by atoms with van der Waals surface area (Å²) in [7, 11) is 0. The highest BCUT2D eigenvalue weighted by molar-refractivity contribution is 6.38. The summed E-state index contributed by atoms with van der Waals surface area (Å²) in [4.78, 5) is 23.0. The maximum atomic E-state index is 11.5.